The number of halogens is 1. The highest BCUT2D eigenvalue weighted by Crippen LogP contribution is 2.10. The van der Waals surface area contributed by atoms with Crippen LogP contribution in [0.3, 0.4) is 0 Å². The van der Waals surface area contributed by atoms with E-state index in [1.54, 1.807) is 7.05 Å². The van der Waals surface area contributed by atoms with Crippen molar-refractivity contribution in [1.29, 1.82) is 0 Å². The Hall–Kier alpha value is -1.82. The lowest BCUT2D eigenvalue weighted by Crippen LogP contribution is -2.32. The molecule has 100 valence electrons. The quantitative estimate of drug-likeness (QED) is 0.833. The smallest absolute Gasteiger partial charge is 0.409 e. The Kier molecular flexibility index (Phi) is 5.93. The zero-order valence-corrected chi connectivity index (χ0v) is 10.1. The zero-order valence-electron chi connectivity index (χ0n) is 10.1. The molecule has 0 radical (unpaired) electrons. The summed E-state index contributed by atoms with van der Waals surface area (Å²) in [6, 6.07) is 5.63. The van der Waals surface area contributed by atoms with Crippen molar-refractivity contribution in [2.45, 2.75) is 0 Å². The van der Waals surface area contributed by atoms with Crippen LogP contribution in [0.25, 0.3) is 0 Å². The van der Waals surface area contributed by atoms with Gasteiger partial charge in [0.05, 0.1) is 13.2 Å². The van der Waals surface area contributed by atoms with Gasteiger partial charge in [-0.05, 0) is 24.3 Å². The molecular formula is C12H16FNO4. The van der Waals surface area contributed by atoms with E-state index in [2.05, 4.69) is 0 Å². The van der Waals surface area contributed by atoms with Crippen LogP contribution >= 0.6 is 0 Å². The predicted octanol–water partition coefficient (Wildman–Crippen LogP) is 1.27. The number of ether oxygens (including phenoxy) is 2. The summed E-state index contributed by atoms with van der Waals surface area (Å²) in [5.74, 6) is 0.209. The Morgan fingerprint density at radius 3 is 2.61 bits per heavy atom. The Morgan fingerprint density at radius 2 is 2.00 bits per heavy atom. The van der Waals surface area contributed by atoms with E-state index in [1.165, 1.54) is 29.2 Å². The Labute approximate surface area is 105 Å². The molecule has 0 heterocycles. The van der Waals surface area contributed by atoms with Gasteiger partial charge in [-0.15, -0.1) is 0 Å². The molecule has 0 aromatic heterocycles. The van der Waals surface area contributed by atoms with Crippen LogP contribution in [0.5, 0.6) is 5.75 Å². The average Bonchev–Trinajstić information content (AvgIpc) is 2.38. The summed E-state index contributed by atoms with van der Waals surface area (Å²) in [6.07, 6.45) is -0.522. The van der Waals surface area contributed by atoms with Crippen LogP contribution in [0.1, 0.15) is 0 Å². The largest absolute Gasteiger partial charge is 0.492 e. The minimum absolute atomic E-state index is 0.0258. The van der Waals surface area contributed by atoms with Crippen molar-refractivity contribution in [3.8, 4) is 5.75 Å². The number of nitrogens with zero attached hydrogens (tertiary/aromatic N) is 1. The molecule has 0 aliphatic heterocycles. The van der Waals surface area contributed by atoms with Crippen LogP contribution in [0.4, 0.5) is 9.18 Å². The highest BCUT2D eigenvalue weighted by molar-refractivity contribution is 5.67. The van der Waals surface area contributed by atoms with Gasteiger partial charge in [-0.1, -0.05) is 0 Å². The minimum Gasteiger partial charge on any atom is -0.492 e. The fraction of sp³-hybridized carbons (Fsp3) is 0.417. The molecule has 18 heavy (non-hydrogen) atoms. The van der Waals surface area contributed by atoms with E-state index in [0.717, 1.165) is 0 Å². The van der Waals surface area contributed by atoms with Crippen molar-refractivity contribution in [2.24, 2.45) is 0 Å². The van der Waals surface area contributed by atoms with E-state index < -0.39 is 6.09 Å². The minimum atomic E-state index is -0.522. The molecule has 0 aliphatic carbocycles. The van der Waals surface area contributed by atoms with E-state index in [0.29, 0.717) is 12.3 Å². The third-order valence-corrected chi connectivity index (χ3v) is 2.14. The molecular weight excluding hydrogens is 241 g/mol. The van der Waals surface area contributed by atoms with E-state index in [4.69, 9.17) is 14.6 Å². The first-order valence-electron chi connectivity index (χ1n) is 5.50. The molecule has 0 unspecified atom stereocenters. The lowest BCUT2D eigenvalue weighted by Gasteiger charge is -2.16. The summed E-state index contributed by atoms with van der Waals surface area (Å²) in [4.78, 5) is 12.6. The molecule has 0 saturated heterocycles. The number of carbonyl (C=O) groups excluding carboxylic acids is 1. The lowest BCUT2D eigenvalue weighted by molar-refractivity contribution is 0.0872. The van der Waals surface area contributed by atoms with Crippen LogP contribution in [-0.2, 0) is 4.74 Å². The van der Waals surface area contributed by atoms with Gasteiger partial charge in [-0.25, -0.2) is 9.18 Å². The highest BCUT2D eigenvalue weighted by Gasteiger charge is 2.09. The number of aliphatic hydroxyl groups is 1. The molecule has 0 saturated carbocycles. The third kappa shape index (κ3) is 5.01. The number of rotatable bonds is 6. The summed E-state index contributed by atoms with van der Waals surface area (Å²) in [6.45, 7) is 0.381. The maximum atomic E-state index is 12.6. The van der Waals surface area contributed by atoms with Gasteiger partial charge in [-0.3, -0.25) is 0 Å². The summed E-state index contributed by atoms with van der Waals surface area (Å²) in [5.41, 5.74) is 0. The van der Waals surface area contributed by atoms with Gasteiger partial charge in [-0.2, -0.15) is 0 Å². The molecule has 6 heteroatoms. The van der Waals surface area contributed by atoms with Gasteiger partial charge in [0.1, 0.15) is 24.8 Å². The third-order valence-electron chi connectivity index (χ3n) is 2.14. The second kappa shape index (κ2) is 7.50. The predicted molar refractivity (Wildman–Crippen MR) is 63.0 cm³/mol. The standard InChI is InChI=1S/C12H16FNO4/c1-14(12(16)18-9-7-15)6-8-17-11-4-2-10(13)3-5-11/h2-5,15H,6-9H2,1H3. The number of amides is 1. The van der Waals surface area contributed by atoms with Crippen molar-refractivity contribution in [3.63, 3.8) is 0 Å². The topological polar surface area (TPSA) is 59.0 Å². The van der Waals surface area contributed by atoms with Crippen molar-refractivity contribution < 1.29 is 23.8 Å². The number of hydrogen-bond acceptors (Lipinski definition) is 4. The first-order valence-corrected chi connectivity index (χ1v) is 5.50. The first-order chi connectivity index (χ1) is 8.63. The fourth-order valence-corrected chi connectivity index (χ4v) is 1.17. The Bertz CT molecular complexity index is 369. The number of carbonyl (C=O) groups is 1. The van der Waals surface area contributed by atoms with E-state index >= 15 is 0 Å². The Morgan fingerprint density at radius 1 is 1.33 bits per heavy atom. The molecule has 1 aromatic rings. The molecule has 5 nitrogen and oxygen atoms in total. The van der Waals surface area contributed by atoms with Gasteiger partial charge in [0.2, 0.25) is 0 Å². The van der Waals surface area contributed by atoms with Crippen LogP contribution in [-0.4, -0.2) is 49.5 Å². The van der Waals surface area contributed by atoms with E-state index in [9.17, 15) is 9.18 Å². The maximum absolute atomic E-state index is 12.6. The molecule has 0 atom stereocenters. The summed E-state index contributed by atoms with van der Waals surface area (Å²) in [5, 5.41) is 8.49. The van der Waals surface area contributed by atoms with Gasteiger partial charge in [0.15, 0.2) is 0 Å². The molecule has 1 rings (SSSR count). The first kappa shape index (κ1) is 14.2. The summed E-state index contributed by atoms with van der Waals surface area (Å²) >= 11 is 0. The van der Waals surface area contributed by atoms with Gasteiger partial charge >= 0.3 is 6.09 Å². The Balaban J connectivity index is 2.24. The van der Waals surface area contributed by atoms with Gasteiger partial charge < -0.3 is 19.5 Å². The molecule has 0 fully saturated rings. The highest BCUT2D eigenvalue weighted by atomic mass is 19.1. The fourth-order valence-electron chi connectivity index (χ4n) is 1.17. The molecule has 1 amide bonds. The molecule has 0 aliphatic rings. The van der Waals surface area contributed by atoms with Crippen LogP contribution in [0.15, 0.2) is 24.3 Å². The SMILES string of the molecule is CN(CCOc1ccc(F)cc1)C(=O)OCCO. The number of benzene rings is 1. The van der Waals surface area contributed by atoms with E-state index in [-0.39, 0.29) is 25.6 Å². The molecule has 0 bridgehead atoms. The number of likely N-dealkylation sites (N-methyl/N-ethyl adjacent to an activating group) is 1. The van der Waals surface area contributed by atoms with Crippen molar-refractivity contribution in [1.82, 2.24) is 4.90 Å². The summed E-state index contributed by atoms with van der Waals surface area (Å²) < 4.78 is 22.6. The van der Waals surface area contributed by atoms with Crippen molar-refractivity contribution >= 4 is 6.09 Å². The van der Waals surface area contributed by atoms with Crippen molar-refractivity contribution in [3.05, 3.63) is 30.1 Å². The molecule has 1 aromatic carbocycles. The van der Waals surface area contributed by atoms with Crippen molar-refractivity contribution in [2.75, 3.05) is 33.4 Å². The molecule has 0 spiro atoms. The monoisotopic (exact) mass is 257 g/mol. The van der Waals surface area contributed by atoms with Crippen LogP contribution < -0.4 is 4.74 Å². The number of hydrogen-bond donors (Lipinski definition) is 1. The van der Waals surface area contributed by atoms with Gasteiger partial charge in [0, 0.05) is 7.05 Å². The lowest BCUT2D eigenvalue weighted by atomic mass is 10.3. The van der Waals surface area contributed by atoms with Crippen LogP contribution in [0, 0.1) is 5.82 Å². The summed E-state index contributed by atoms with van der Waals surface area (Å²) in [7, 11) is 1.56. The number of aliphatic hydroxyl groups excluding tert-OH is 1. The van der Waals surface area contributed by atoms with Gasteiger partial charge in [0.25, 0.3) is 0 Å². The normalized spacial score (nSPS) is 9.94. The second-order valence-electron chi connectivity index (χ2n) is 3.56. The van der Waals surface area contributed by atoms with Crippen LogP contribution in [0.2, 0.25) is 0 Å². The molecule has 1 N–H and O–H groups in total. The second-order valence-corrected chi connectivity index (χ2v) is 3.56. The maximum Gasteiger partial charge on any atom is 0.409 e. The zero-order chi connectivity index (χ0) is 13.4. The van der Waals surface area contributed by atoms with E-state index in [1.807, 2.05) is 0 Å². The average molecular weight is 257 g/mol.